The van der Waals surface area contributed by atoms with Gasteiger partial charge in [-0.05, 0) is 25.1 Å². The summed E-state index contributed by atoms with van der Waals surface area (Å²) >= 11 is 0. The number of aryl methyl sites for hydroxylation is 1. The third-order valence-corrected chi connectivity index (χ3v) is 2.11. The second-order valence-corrected chi connectivity index (χ2v) is 3.18. The Balaban J connectivity index is 2.55. The van der Waals surface area contributed by atoms with Gasteiger partial charge < -0.3 is 10.7 Å². The number of fused-ring (bicyclic) bond motifs is 1. The summed E-state index contributed by atoms with van der Waals surface area (Å²) in [6.45, 7) is 1.92. The number of aromatic amines is 1. The molecule has 0 spiro atoms. The summed E-state index contributed by atoms with van der Waals surface area (Å²) in [5, 5.41) is 0. The van der Waals surface area contributed by atoms with Gasteiger partial charge in [-0.1, -0.05) is 0 Å². The number of imidazole rings is 1. The summed E-state index contributed by atoms with van der Waals surface area (Å²) in [5.41, 5.74) is 7.65. The Kier molecular flexibility index (Phi) is 2.05. The lowest BCUT2D eigenvalue weighted by molar-refractivity contribution is 0.100. The first kappa shape index (κ1) is 8.90. The molecule has 1 aromatic heterocycles. The number of nitrogens with one attached hydrogen (secondary N) is 1. The van der Waals surface area contributed by atoms with Crippen molar-refractivity contribution in [2.75, 3.05) is 6.54 Å². The summed E-state index contributed by atoms with van der Waals surface area (Å²) in [6.07, 6.45) is 0. The molecule has 1 aromatic carbocycles. The molecular weight excluding hydrogens is 178 g/mol. The standard InChI is InChI=1S/C10H11N3O/c1-6-12-8-3-2-7(10(14)5-11)4-9(8)13-6/h2-4H,5,11H2,1H3,(H,12,13). The molecule has 1 heterocycles. The number of rotatable bonds is 2. The fraction of sp³-hybridized carbons (Fsp3) is 0.200. The lowest BCUT2D eigenvalue weighted by atomic mass is 10.1. The van der Waals surface area contributed by atoms with Crippen molar-refractivity contribution in [1.29, 1.82) is 0 Å². The minimum atomic E-state index is -0.0563. The highest BCUT2D eigenvalue weighted by Gasteiger charge is 2.05. The minimum Gasteiger partial charge on any atom is -0.342 e. The van der Waals surface area contributed by atoms with Crippen LogP contribution in [0.3, 0.4) is 0 Å². The highest BCUT2D eigenvalue weighted by atomic mass is 16.1. The maximum absolute atomic E-state index is 11.3. The predicted molar refractivity (Wildman–Crippen MR) is 54.2 cm³/mol. The van der Waals surface area contributed by atoms with Crippen LogP contribution in [-0.4, -0.2) is 22.3 Å². The Morgan fingerprint density at radius 1 is 1.57 bits per heavy atom. The van der Waals surface area contributed by atoms with E-state index in [9.17, 15) is 4.79 Å². The number of carbonyl (C=O) groups excluding carboxylic acids is 1. The fourth-order valence-corrected chi connectivity index (χ4v) is 1.43. The molecule has 14 heavy (non-hydrogen) atoms. The third kappa shape index (κ3) is 1.40. The quantitative estimate of drug-likeness (QED) is 0.692. The lowest BCUT2D eigenvalue weighted by Gasteiger charge is -1.96. The van der Waals surface area contributed by atoms with Gasteiger partial charge in [0.15, 0.2) is 5.78 Å². The third-order valence-electron chi connectivity index (χ3n) is 2.11. The topological polar surface area (TPSA) is 71.8 Å². The van der Waals surface area contributed by atoms with Crippen LogP contribution in [0.25, 0.3) is 11.0 Å². The molecule has 4 heteroatoms. The van der Waals surface area contributed by atoms with E-state index in [2.05, 4.69) is 9.97 Å². The molecule has 2 rings (SSSR count). The zero-order valence-electron chi connectivity index (χ0n) is 7.87. The average molecular weight is 189 g/mol. The minimum absolute atomic E-state index is 0.0403. The molecule has 2 aromatic rings. The van der Waals surface area contributed by atoms with E-state index in [0.717, 1.165) is 16.9 Å². The highest BCUT2D eigenvalue weighted by Crippen LogP contribution is 2.13. The van der Waals surface area contributed by atoms with Crippen LogP contribution in [0.2, 0.25) is 0 Å². The smallest absolute Gasteiger partial charge is 0.176 e. The molecule has 3 N–H and O–H groups in total. The van der Waals surface area contributed by atoms with Crippen molar-refractivity contribution < 1.29 is 4.79 Å². The monoisotopic (exact) mass is 189 g/mol. The number of hydrogen-bond acceptors (Lipinski definition) is 3. The van der Waals surface area contributed by atoms with Gasteiger partial charge in [0.1, 0.15) is 5.82 Å². The first-order valence-electron chi connectivity index (χ1n) is 4.40. The second kappa shape index (κ2) is 3.23. The molecule has 0 bridgehead atoms. The van der Waals surface area contributed by atoms with E-state index in [-0.39, 0.29) is 12.3 Å². The van der Waals surface area contributed by atoms with Crippen LogP contribution in [0, 0.1) is 6.92 Å². The molecule has 0 atom stereocenters. The number of H-pyrrole nitrogens is 1. The first-order valence-corrected chi connectivity index (χ1v) is 4.40. The first-order chi connectivity index (χ1) is 6.70. The van der Waals surface area contributed by atoms with Gasteiger partial charge in [-0.15, -0.1) is 0 Å². The molecule has 0 aliphatic carbocycles. The van der Waals surface area contributed by atoms with Crippen molar-refractivity contribution in [2.24, 2.45) is 5.73 Å². The van der Waals surface area contributed by atoms with E-state index in [1.54, 1.807) is 12.1 Å². The summed E-state index contributed by atoms with van der Waals surface area (Å²) in [5.74, 6) is 0.788. The van der Waals surface area contributed by atoms with Gasteiger partial charge in [0.05, 0.1) is 17.6 Å². The maximum Gasteiger partial charge on any atom is 0.176 e. The van der Waals surface area contributed by atoms with Gasteiger partial charge in [-0.2, -0.15) is 0 Å². The largest absolute Gasteiger partial charge is 0.342 e. The van der Waals surface area contributed by atoms with Crippen LogP contribution in [0.5, 0.6) is 0 Å². The molecular formula is C10H11N3O. The zero-order valence-corrected chi connectivity index (χ0v) is 7.87. The van der Waals surface area contributed by atoms with Crippen molar-refractivity contribution in [3.8, 4) is 0 Å². The van der Waals surface area contributed by atoms with Crippen molar-refractivity contribution in [1.82, 2.24) is 9.97 Å². The molecule has 0 saturated heterocycles. The van der Waals surface area contributed by atoms with E-state index < -0.39 is 0 Å². The van der Waals surface area contributed by atoms with Crippen LogP contribution in [0.4, 0.5) is 0 Å². The molecule has 0 fully saturated rings. The number of benzene rings is 1. The molecule has 0 unspecified atom stereocenters. The summed E-state index contributed by atoms with van der Waals surface area (Å²) < 4.78 is 0. The van der Waals surface area contributed by atoms with E-state index in [4.69, 9.17) is 5.73 Å². The number of hydrogen-bond donors (Lipinski definition) is 2. The zero-order chi connectivity index (χ0) is 10.1. The predicted octanol–water partition coefficient (Wildman–Crippen LogP) is 1.01. The van der Waals surface area contributed by atoms with Gasteiger partial charge in [0, 0.05) is 5.56 Å². The Hall–Kier alpha value is -1.68. The lowest BCUT2D eigenvalue weighted by Crippen LogP contribution is -2.13. The number of nitrogens with zero attached hydrogens (tertiary/aromatic N) is 1. The van der Waals surface area contributed by atoms with Crippen LogP contribution >= 0.6 is 0 Å². The van der Waals surface area contributed by atoms with Crippen LogP contribution in [-0.2, 0) is 0 Å². The van der Waals surface area contributed by atoms with Crippen molar-refractivity contribution in [2.45, 2.75) is 6.92 Å². The molecule has 0 aliphatic heterocycles. The number of ketones is 1. The van der Waals surface area contributed by atoms with E-state index >= 15 is 0 Å². The number of carbonyl (C=O) groups is 1. The van der Waals surface area contributed by atoms with E-state index in [1.165, 1.54) is 0 Å². The second-order valence-electron chi connectivity index (χ2n) is 3.18. The fourth-order valence-electron chi connectivity index (χ4n) is 1.43. The summed E-state index contributed by atoms with van der Waals surface area (Å²) in [6, 6.07) is 5.35. The number of Topliss-reactive ketones (excluding diaryl/α,β-unsaturated/α-hetero) is 1. The van der Waals surface area contributed by atoms with Gasteiger partial charge >= 0.3 is 0 Å². The van der Waals surface area contributed by atoms with Crippen LogP contribution in [0.1, 0.15) is 16.2 Å². The highest BCUT2D eigenvalue weighted by molar-refractivity contribution is 6.00. The SMILES string of the molecule is Cc1nc2ccc(C(=O)CN)cc2[nH]1. The molecule has 0 aliphatic rings. The van der Waals surface area contributed by atoms with Gasteiger partial charge in [-0.25, -0.2) is 4.98 Å². The normalized spacial score (nSPS) is 10.7. The Morgan fingerprint density at radius 2 is 2.36 bits per heavy atom. The Morgan fingerprint density at radius 3 is 3.07 bits per heavy atom. The van der Waals surface area contributed by atoms with Gasteiger partial charge in [-0.3, -0.25) is 4.79 Å². The van der Waals surface area contributed by atoms with E-state index in [1.807, 2.05) is 13.0 Å². The molecule has 72 valence electrons. The Labute approximate surface area is 81.1 Å². The summed E-state index contributed by atoms with van der Waals surface area (Å²) in [7, 11) is 0. The van der Waals surface area contributed by atoms with Gasteiger partial charge in [0.25, 0.3) is 0 Å². The van der Waals surface area contributed by atoms with Crippen molar-refractivity contribution in [3.05, 3.63) is 29.6 Å². The molecule has 4 nitrogen and oxygen atoms in total. The summed E-state index contributed by atoms with van der Waals surface area (Å²) in [4.78, 5) is 18.6. The molecule has 0 radical (unpaired) electrons. The number of aromatic nitrogens is 2. The van der Waals surface area contributed by atoms with Crippen LogP contribution < -0.4 is 5.73 Å². The molecule has 0 saturated carbocycles. The van der Waals surface area contributed by atoms with Gasteiger partial charge in [0.2, 0.25) is 0 Å². The van der Waals surface area contributed by atoms with Crippen molar-refractivity contribution in [3.63, 3.8) is 0 Å². The molecule has 0 amide bonds. The Bertz CT molecular complexity index is 487. The maximum atomic E-state index is 11.3. The average Bonchev–Trinajstić information content (AvgIpc) is 2.55. The van der Waals surface area contributed by atoms with Crippen LogP contribution in [0.15, 0.2) is 18.2 Å². The van der Waals surface area contributed by atoms with E-state index in [0.29, 0.717) is 5.56 Å². The van der Waals surface area contributed by atoms with Crippen molar-refractivity contribution >= 4 is 16.8 Å². The number of nitrogens with two attached hydrogens (primary N) is 1.